The van der Waals surface area contributed by atoms with E-state index in [1.807, 2.05) is 24.3 Å². The molecule has 1 aliphatic rings. The summed E-state index contributed by atoms with van der Waals surface area (Å²) in [7, 11) is -3.83. The number of nitrogens with zero attached hydrogens (tertiary/aromatic N) is 1. The van der Waals surface area contributed by atoms with Gasteiger partial charge in [0.2, 0.25) is 0 Å². The fourth-order valence-electron chi connectivity index (χ4n) is 2.76. The molecule has 138 valence electrons. The monoisotopic (exact) mass is 381 g/mol. The highest BCUT2D eigenvalue weighted by molar-refractivity contribution is 7.93. The quantitative estimate of drug-likeness (QED) is 0.581. The van der Waals surface area contributed by atoms with Gasteiger partial charge in [-0.25, -0.2) is 12.7 Å². The Balaban J connectivity index is 1.82. The van der Waals surface area contributed by atoms with Crippen molar-refractivity contribution in [3.05, 3.63) is 84.9 Å². The number of epoxide rings is 1. The second kappa shape index (κ2) is 7.42. The van der Waals surface area contributed by atoms with E-state index >= 15 is 0 Å². The molecule has 0 N–H and O–H groups in total. The topological polar surface area (TPSA) is 59.1 Å². The van der Waals surface area contributed by atoms with Gasteiger partial charge in [-0.15, -0.1) is 0 Å². The second-order valence-electron chi connectivity index (χ2n) is 6.15. The van der Waals surface area contributed by atoms with Crippen LogP contribution in [0, 0.1) is 0 Å². The highest BCUT2D eigenvalue weighted by Crippen LogP contribution is 2.38. The highest BCUT2D eigenvalue weighted by Gasteiger charge is 2.30. The van der Waals surface area contributed by atoms with Gasteiger partial charge in [-0.3, -0.25) is 0 Å². The molecule has 1 unspecified atom stereocenters. The molecule has 0 saturated carbocycles. The number of para-hydroxylation sites is 3. The maximum absolute atomic E-state index is 13.5. The van der Waals surface area contributed by atoms with Gasteiger partial charge in [0.25, 0.3) is 10.0 Å². The Hall–Kier alpha value is -2.83. The van der Waals surface area contributed by atoms with Crippen molar-refractivity contribution in [1.29, 1.82) is 0 Å². The fraction of sp³-hybridized carbons (Fsp3) is 0.143. The van der Waals surface area contributed by atoms with E-state index in [2.05, 4.69) is 0 Å². The summed E-state index contributed by atoms with van der Waals surface area (Å²) < 4.78 is 39.3. The van der Waals surface area contributed by atoms with Gasteiger partial charge in [0.05, 0.1) is 22.9 Å². The number of hydrogen-bond acceptors (Lipinski definition) is 4. The van der Waals surface area contributed by atoms with Gasteiger partial charge in [-0.2, -0.15) is 0 Å². The zero-order valence-corrected chi connectivity index (χ0v) is 15.4. The molecule has 1 heterocycles. The molecule has 1 aliphatic heterocycles. The molecule has 0 amide bonds. The lowest BCUT2D eigenvalue weighted by Crippen LogP contribution is -2.27. The van der Waals surface area contributed by atoms with E-state index in [0.717, 1.165) is 0 Å². The van der Waals surface area contributed by atoms with Crippen LogP contribution in [0.1, 0.15) is 0 Å². The lowest BCUT2D eigenvalue weighted by molar-refractivity contribution is 0.264. The number of hydrogen-bond donors (Lipinski definition) is 0. The van der Waals surface area contributed by atoms with Crippen LogP contribution in [0.2, 0.25) is 0 Å². The van der Waals surface area contributed by atoms with Crippen LogP contribution in [0.15, 0.2) is 89.8 Å². The third-order valence-electron chi connectivity index (χ3n) is 4.18. The van der Waals surface area contributed by atoms with Crippen molar-refractivity contribution < 1.29 is 17.9 Å². The summed E-state index contributed by atoms with van der Waals surface area (Å²) in [4.78, 5) is 0.217. The molecule has 0 aromatic heterocycles. The van der Waals surface area contributed by atoms with Crippen LogP contribution in [0.4, 0.5) is 11.4 Å². The number of rotatable bonds is 7. The Morgan fingerprint density at radius 2 is 1.48 bits per heavy atom. The Kier molecular flexibility index (Phi) is 4.83. The lowest BCUT2D eigenvalue weighted by atomic mass is 10.2. The third-order valence-corrected chi connectivity index (χ3v) is 5.94. The van der Waals surface area contributed by atoms with Crippen molar-refractivity contribution in [2.24, 2.45) is 0 Å². The molecule has 3 aromatic carbocycles. The van der Waals surface area contributed by atoms with E-state index in [9.17, 15) is 8.42 Å². The SMILES string of the molecule is O=S(=O)(c1ccccc1)N(c1ccccc1)c1ccccc1OCC1CO1. The Labute approximate surface area is 158 Å². The summed E-state index contributed by atoms with van der Waals surface area (Å²) in [5.41, 5.74) is 1.01. The predicted molar refractivity (Wildman–Crippen MR) is 104 cm³/mol. The van der Waals surface area contributed by atoms with Crippen molar-refractivity contribution in [3.8, 4) is 5.75 Å². The molecule has 1 atom stereocenters. The van der Waals surface area contributed by atoms with Crippen LogP contribution < -0.4 is 9.04 Å². The van der Waals surface area contributed by atoms with Crippen molar-refractivity contribution in [1.82, 2.24) is 0 Å². The minimum absolute atomic E-state index is 0.0777. The van der Waals surface area contributed by atoms with Gasteiger partial charge >= 0.3 is 0 Å². The van der Waals surface area contributed by atoms with E-state index < -0.39 is 10.0 Å². The van der Waals surface area contributed by atoms with Gasteiger partial charge in [0, 0.05) is 0 Å². The lowest BCUT2D eigenvalue weighted by Gasteiger charge is -2.26. The predicted octanol–water partition coefficient (Wildman–Crippen LogP) is 3.99. The van der Waals surface area contributed by atoms with Crippen LogP contribution in [0.25, 0.3) is 0 Å². The smallest absolute Gasteiger partial charge is 0.268 e. The zero-order chi connectivity index (χ0) is 18.7. The third kappa shape index (κ3) is 3.82. The molecule has 3 aromatic rings. The number of benzene rings is 3. The average Bonchev–Trinajstić information content (AvgIpc) is 3.53. The van der Waals surface area contributed by atoms with Crippen molar-refractivity contribution >= 4 is 21.4 Å². The Morgan fingerprint density at radius 3 is 2.15 bits per heavy atom. The van der Waals surface area contributed by atoms with Gasteiger partial charge in [-0.05, 0) is 36.4 Å². The molecule has 1 saturated heterocycles. The number of sulfonamides is 1. The van der Waals surface area contributed by atoms with Crippen LogP contribution in [0.3, 0.4) is 0 Å². The van der Waals surface area contributed by atoms with Crippen LogP contribution in [0.5, 0.6) is 5.75 Å². The largest absolute Gasteiger partial charge is 0.489 e. The van der Waals surface area contributed by atoms with Crippen molar-refractivity contribution in [2.45, 2.75) is 11.0 Å². The van der Waals surface area contributed by atoms with Crippen molar-refractivity contribution in [2.75, 3.05) is 17.5 Å². The summed E-state index contributed by atoms with van der Waals surface area (Å²) in [5.74, 6) is 0.497. The Bertz CT molecular complexity index is 1000. The Morgan fingerprint density at radius 1 is 0.889 bits per heavy atom. The van der Waals surface area contributed by atoms with E-state index in [1.54, 1.807) is 60.7 Å². The van der Waals surface area contributed by atoms with E-state index in [0.29, 0.717) is 30.3 Å². The summed E-state index contributed by atoms with van der Waals surface area (Å²) in [5, 5.41) is 0. The first-order valence-corrected chi connectivity index (χ1v) is 10.1. The normalized spacial score (nSPS) is 15.9. The van der Waals surface area contributed by atoms with Crippen LogP contribution in [-0.4, -0.2) is 27.7 Å². The summed E-state index contributed by atoms with van der Waals surface area (Å²) in [6.45, 7) is 1.07. The van der Waals surface area contributed by atoms with Gasteiger partial charge in [0.1, 0.15) is 18.5 Å². The molecule has 4 rings (SSSR count). The summed E-state index contributed by atoms with van der Waals surface area (Å²) >= 11 is 0. The molecule has 5 nitrogen and oxygen atoms in total. The van der Waals surface area contributed by atoms with Crippen molar-refractivity contribution in [3.63, 3.8) is 0 Å². The zero-order valence-electron chi connectivity index (χ0n) is 14.6. The van der Waals surface area contributed by atoms with Gasteiger partial charge in [0.15, 0.2) is 0 Å². The molecule has 0 aliphatic carbocycles. The summed E-state index contributed by atoms with van der Waals surface area (Å²) in [6, 6.07) is 24.5. The van der Waals surface area contributed by atoms with Gasteiger partial charge < -0.3 is 9.47 Å². The van der Waals surface area contributed by atoms with Crippen LogP contribution in [-0.2, 0) is 14.8 Å². The van der Waals surface area contributed by atoms with E-state index in [1.165, 1.54) is 4.31 Å². The molecule has 0 bridgehead atoms. The first-order chi connectivity index (χ1) is 13.2. The van der Waals surface area contributed by atoms with E-state index in [-0.39, 0.29) is 11.0 Å². The molecule has 0 radical (unpaired) electrons. The number of anilines is 2. The molecule has 6 heteroatoms. The minimum Gasteiger partial charge on any atom is -0.489 e. The number of ether oxygens (including phenoxy) is 2. The summed E-state index contributed by atoms with van der Waals surface area (Å²) in [6.07, 6.45) is 0.0777. The fourth-order valence-corrected chi connectivity index (χ4v) is 4.28. The standard InChI is InChI=1S/C21H19NO4S/c23-27(24,19-11-5-2-6-12-19)22(17-9-3-1-4-10-17)20-13-7-8-14-21(20)26-16-18-15-25-18/h1-14,18H,15-16H2. The minimum atomic E-state index is -3.83. The molecule has 1 fully saturated rings. The first-order valence-electron chi connectivity index (χ1n) is 8.65. The average molecular weight is 381 g/mol. The molecule has 0 spiro atoms. The molecular formula is C21H19NO4S. The van der Waals surface area contributed by atoms with Crippen LogP contribution >= 0.6 is 0 Å². The van der Waals surface area contributed by atoms with E-state index in [4.69, 9.17) is 9.47 Å². The molecule has 27 heavy (non-hydrogen) atoms. The second-order valence-corrected chi connectivity index (χ2v) is 7.94. The van der Waals surface area contributed by atoms with Gasteiger partial charge in [-0.1, -0.05) is 48.5 Å². The highest BCUT2D eigenvalue weighted by atomic mass is 32.2. The maximum atomic E-state index is 13.5. The molecular weight excluding hydrogens is 362 g/mol. The first kappa shape index (κ1) is 17.6. The maximum Gasteiger partial charge on any atom is 0.268 e.